The van der Waals surface area contributed by atoms with Crippen molar-refractivity contribution < 1.29 is 4.79 Å². The van der Waals surface area contributed by atoms with Crippen molar-refractivity contribution in [3.05, 3.63) is 18.2 Å². The van der Waals surface area contributed by atoms with E-state index in [1.807, 2.05) is 12.4 Å². The number of aromatic nitrogens is 2. The number of hydrogen-bond acceptors (Lipinski definition) is 3. The third-order valence-electron chi connectivity index (χ3n) is 4.21. The standard InChI is InChI=1S/C13H19N3O/c17-11-13(3-1-2-4-13)10-15-7-8-16-6-5-14-12(16)9-15/h5-6,11H,1-4,7-10H2. The Hall–Kier alpha value is -1.16. The molecule has 1 aromatic heterocycles. The van der Waals surface area contributed by atoms with E-state index in [1.165, 1.54) is 19.1 Å². The number of carbonyl (C=O) groups is 1. The molecule has 1 aliphatic heterocycles. The van der Waals surface area contributed by atoms with E-state index in [1.54, 1.807) is 0 Å². The molecule has 3 rings (SSSR count). The van der Waals surface area contributed by atoms with Gasteiger partial charge in [-0.2, -0.15) is 0 Å². The summed E-state index contributed by atoms with van der Waals surface area (Å²) in [4.78, 5) is 18.1. The maximum Gasteiger partial charge on any atom is 0.127 e. The molecule has 2 aliphatic rings. The summed E-state index contributed by atoms with van der Waals surface area (Å²) in [5.41, 5.74) is -0.0608. The molecule has 0 unspecified atom stereocenters. The zero-order valence-electron chi connectivity index (χ0n) is 10.1. The zero-order chi connectivity index (χ0) is 11.7. The quantitative estimate of drug-likeness (QED) is 0.742. The van der Waals surface area contributed by atoms with E-state index >= 15 is 0 Å². The van der Waals surface area contributed by atoms with Gasteiger partial charge in [0.25, 0.3) is 0 Å². The molecule has 0 amide bonds. The van der Waals surface area contributed by atoms with E-state index in [0.717, 1.165) is 44.8 Å². The van der Waals surface area contributed by atoms with Gasteiger partial charge in [0.2, 0.25) is 0 Å². The van der Waals surface area contributed by atoms with Crippen LogP contribution in [0.5, 0.6) is 0 Å². The van der Waals surface area contributed by atoms with Crippen LogP contribution in [0.4, 0.5) is 0 Å². The minimum atomic E-state index is -0.0608. The highest BCUT2D eigenvalue weighted by molar-refractivity contribution is 5.60. The second-order valence-corrected chi connectivity index (χ2v) is 5.43. The fourth-order valence-corrected chi connectivity index (χ4v) is 3.20. The summed E-state index contributed by atoms with van der Waals surface area (Å²) in [6, 6.07) is 0. The summed E-state index contributed by atoms with van der Waals surface area (Å²) >= 11 is 0. The van der Waals surface area contributed by atoms with Crippen molar-refractivity contribution >= 4 is 6.29 Å². The van der Waals surface area contributed by atoms with Gasteiger partial charge < -0.3 is 9.36 Å². The Labute approximate surface area is 102 Å². The first-order valence-electron chi connectivity index (χ1n) is 6.50. The highest BCUT2D eigenvalue weighted by Gasteiger charge is 2.36. The molecule has 0 bridgehead atoms. The average Bonchev–Trinajstić information content (AvgIpc) is 2.97. The smallest absolute Gasteiger partial charge is 0.127 e. The molecule has 92 valence electrons. The van der Waals surface area contributed by atoms with Crippen LogP contribution in [0.1, 0.15) is 31.5 Å². The van der Waals surface area contributed by atoms with E-state index in [4.69, 9.17) is 0 Å². The molecule has 17 heavy (non-hydrogen) atoms. The molecule has 1 aliphatic carbocycles. The summed E-state index contributed by atoms with van der Waals surface area (Å²) in [6.45, 7) is 3.86. The van der Waals surface area contributed by atoms with Crippen molar-refractivity contribution in [1.29, 1.82) is 0 Å². The lowest BCUT2D eigenvalue weighted by atomic mass is 9.87. The first kappa shape index (κ1) is 11.0. The number of rotatable bonds is 3. The highest BCUT2D eigenvalue weighted by Crippen LogP contribution is 2.37. The summed E-state index contributed by atoms with van der Waals surface area (Å²) < 4.78 is 2.21. The van der Waals surface area contributed by atoms with Crippen molar-refractivity contribution in [2.75, 3.05) is 13.1 Å². The van der Waals surface area contributed by atoms with Crippen molar-refractivity contribution in [2.45, 2.75) is 38.8 Å². The van der Waals surface area contributed by atoms with Crippen molar-refractivity contribution in [1.82, 2.24) is 14.5 Å². The van der Waals surface area contributed by atoms with Crippen LogP contribution < -0.4 is 0 Å². The Balaban J connectivity index is 1.69. The highest BCUT2D eigenvalue weighted by atomic mass is 16.1. The first-order chi connectivity index (χ1) is 8.31. The van der Waals surface area contributed by atoms with Gasteiger partial charge in [-0.3, -0.25) is 4.90 Å². The summed E-state index contributed by atoms with van der Waals surface area (Å²) in [5, 5.41) is 0. The van der Waals surface area contributed by atoms with Gasteiger partial charge in [0, 0.05) is 37.4 Å². The maximum atomic E-state index is 11.4. The average molecular weight is 233 g/mol. The second-order valence-electron chi connectivity index (χ2n) is 5.43. The second kappa shape index (κ2) is 4.26. The number of aldehydes is 1. The van der Waals surface area contributed by atoms with Crippen LogP contribution >= 0.6 is 0 Å². The molecule has 0 N–H and O–H groups in total. The van der Waals surface area contributed by atoms with Gasteiger partial charge in [0.15, 0.2) is 0 Å². The minimum absolute atomic E-state index is 0.0608. The predicted molar refractivity (Wildman–Crippen MR) is 64.5 cm³/mol. The van der Waals surface area contributed by atoms with Gasteiger partial charge >= 0.3 is 0 Å². The van der Waals surface area contributed by atoms with Gasteiger partial charge in [-0.05, 0) is 12.8 Å². The van der Waals surface area contributed by atoms with Gasteiger partial charge in [-0.1, -0.05) is 12.8 Å². The Morgan fingerprint density at radius 1 is 1.35 bits per heavy atom. The maximum absolute atomic E-state index is 11.4. The van der Waals surface area contributed by atoms with Crippen LogP contribution in [0.15, 0.2) is 12.4 Å². The normalized spacial score (nSPS) is 23.5. The third kappa shape index (κ3) is 2.02. The van der Waals surface area contributed by atoms with Gasteiger partial charge in [-0.15, -0.1) is 0 Å². The fraction of sp³-hybridized carbons (Fsp3) is 0.692. The van der Waals surface area contributed by atoms with Gasteiger partial charge in [0.05, 0.1) is 6.54 Å². The Morgan fingerprint density at radius 2 is 2.18 bits per heavy atom. The minimum Gasteiger partial charge on any atom is -0.333 e. The summed E-state index contributed by atoms with van der Waals surface area (Å²) in [5.74, 6) is 1.13. The predicted octanol–water partition coefficient (Wildman–Crippen LogP) is 1.46. The summed E-state index contributed by atoms with van der Waals surface area (Å²) in [6.07, 6.45) is 9.67. The Morgan fingerprint density at radius 3 is 2.94 bits per heavy atom. The van der Waals surface area contributed by atoms with Crippen LogP contribution in [-0.2, 0) is 17.9 Å². The lowest BCUT2D eigenvalue weighted by Gasteiger charge is -2.33. The molecular formula is C13H19N3O. The molecule has 0 aromatic carbocycles. The van der Waals surface area contributed by atoms with Crippen LogP contribution in [0, 0.1) is 5.41 Å². The monoisotopic (exact) mass is 233 g/mol. The molecule has 0 spiro atoms. The number of imidazole rings is 1. The van der Waals surface area contributed by atoms with Crippen molar-refractivity contribution in [2.24, 2.45) is 5.41 Å². The number of carbonyl (C=O) groups excluding carboxylic acids is 1. The molecule has 1 aromatic rings. The zero-order valence-corrected chi connectivity index (χ0v) is 10.1. The lowest BCUT2D eigenvalue weighted by molar-refractivity contribution is -0.117. The SMILES string of the molecule is O=CC1(CN2CCn3ccnc3C2)CCCC1. The van der Waals surface area contributed by atoms with E-state index in [-0.39, 0.29) is 5.41 Å². The van der Waals surface area contributed by atoms with Crippen LogP contribution in [0.3, 0.4) is 0 Å². The molecule has 1 saturated carbocycles. The number of hydrogen-bond donors (Lipinski definition) is 0. The van der Waals surface area contributed by atoms with E-state index in [2.05, 4.69) is 14.5 Å². The van der Waals surface area contributed by atoms with Crippen molar-refractivity contribution in [3.63, 3.8) is 0 Å². The largest absolute Gasteiger partial charge is 0.333 e. The van der Waals surface area contributed by atoms with E-state index < -0.39 is 0 Å². The Kier molecular flexibility index (Phi) is 2.74. The van der Waals surface area contributed by atoms with E-state index in [0.29, 0.717) is 0 Å². The lowest BCUT2D eigenvalue weighted by Crippen LogP contribution is -2.41. The van der Waals surface area contributed by atoms with Crippen LogP contribution in [-0.4, -0.2) is 33.8 Å². The summed E-state index contributed by atoms with van der Waals surface area (Å²) in [7, 11) is 0. The number of fused-ring (bicyclic) bond motifs is 1. The molecule has 0 saturated heterocycles. The molecule has 0 radical (unpaired) electrons. The van der Waals surface area contributed by atoms with Crippen molar-refractivity contribution in [3.8, 4) is 0 Å². The third-order valence-corrected chi connectivity index (χ3v) is 4.21. The van der Waals surface area contributed by atoms with Gasteiger partial charge in [0.1, 0.15) is 12.1 Å². The molecule has 1 fully saturated rings. The fourth-order valence-electron chi connectivity index (χ4n) is 3.20. The first-order valence-corrected chi connectivity index (χ1v) is 6.50. The molecule has 4 heteroatoms. The van der Waals surface area contributed by atoms with Crippen LogP contribution in [0.2, 0.25) is 0 Å². The molecule has 0 atom stereocenters. The van der Waals surface area contributed by atoms with Gasteiger partial charge in [-0.25, -0.2) is 4.98 Å². The van der Waals surface area contributed by atoms with E-state index in [9.17, 15) is 4.79 Å². The molecular weight excluding hydrogens is 214 g/mol. The molecule has 4 nitrogen and oxygen atoms in total. The number of nitrogens with zero attached hydrogens (tertiary/aromatic N) is 3. The molecule has 2 heterocycles. The van der Waals surface area contributed by atoms with Crippen LogP contribution in [0.25, 0.3) is 0 Å². The Bertz CT molecular complexity index is 407. The topological polar surface area (TPSA) is 38.1 Å².